The number of amides is 2. The Balaban J connectivity index is 1.41. The molecule has 1 saturated heterocycles. The van der Waals surface area contributed by atoms with E-state index in [1.165, 1.54) is 0 Å². The van der Waals surface area contributed by atoms with E-state index in [0.717, 1.165) is 11.4 Å². The summed E-state index contributed by atoms with van der Waals surface area (Å²) in [6, 6.07) is 13.8. The third-order valence-corrected chi connectivity index (χ3v) is 4.73. The number of benzene rings is 1. The zero-order valence-corrected chi connectivity index (χ0v) is 18.3. The summed E-state index contributed by atoms with van der Waals surface area (Å²) in [6.07, 6.45) is 1.13. The highest BCUT2D eigenvalue weighted by molar-refractivity contribution is 5.80. The highest BCUT2D eigenvalue weighted by atomic mass is 16.6. The number of carbonyl (C=O) groups is 2. The molecule has 31 heavy (non-hydrogen) atoms. The second kappa shape index (κ2) is 10.1. The van der Waals surface area contributed by atoms with E-state index in [0.29, 0.717) is 38.5 Å². The van der Waals surface area contributed by atoms with E-state index in [1.54, 1.807) is 11.1 Å². The van der Waals surface area contributed by atoms with Gasteiger partial charge >= 0.3 is 6.09 Å². The minimum Gasteiger partial charge on any atom is -0.487 e. The number of anilines is 1. The molecule has 2 aromatic rings. The number of nitrogens with zero attached hydrogens (tertiary/aromatic N) is 3. The number of nitrogens with one attached hydrogen (secondary N) is 1. The molecular formula is C23H30N4O4. The maximum Gasteiger partial charge on any atom is 0.408 e. The van der Waals surface area contributed by atoms with Crippen LogP contribution >= 0.6 is 0 Å². The Hall–Kier alpha value is -3.29. The van der Waals surface area contributed by atoms with E-state index in [-0.39, 0.29) is 12.5 Å². The van der Waals surface area contributed by atoms with Gasteiger partial charge in [0.2, 0.25) is 0 Å². The standard InChI is InChI=1S/C23H30N4O4/c1-23(2,3)25-22(29)31-17-21(28)27-13-11-26(12-14-27)20-10-9-19(15-24-20)30-16-18-7-5-4-6-8-18/h4-10,15H,11-14,16-17H2,1-3H3,(H,25,29). The second-order valence-corrected chi connectivity index (χ2v) is 8.45. The van der Waals surface area contributed by atoms with Gasteiger partial charge in [0.05, 0.1) is 6.20 Å². The van der Waals surface area contributed by atoms with Crippen molar-refractivity contribution < 1.29 is 19.1 Å². The summed E-state index contributed by atoms with van der Waals surface area (Å²) in [4.78, 5) is 32.3. The molecule has 1 aliphatic heterocycles. The predicted molar refractivity (Wildman–Crippen MR) is 118 cm³/mol. The van der Waals surface area contributed by atoms with Crippen LogP contribution in [0.4, 0.5) is 10.6 Å². The van der Waals surface area contributed by atoms with Crippen LogP contribution in [0.15, 0.2) is 48.7 Å². The van der Waals surface area contributed by atoms with Gasteiger partial charge in [0, 0.05) is 31.7 Å². The van der Waals surface area contributed by atoms with Gasteiger partial charge in [-0.1, -0.05) is 30.3 Å². The molecule has 0 bridgehead atoms. The first-order chi connectivity index (χ1) is 14.8. The van der Waals surface area contributed by atoms with Crippen molar-refractivity contribution in [3.05, 3.63) is 54.2 Å². The summed E-state index contributed by atoms with van der Waals surface area (Å²) in [7, 11) is 0. The van der Waals surface area contributed by atoms with Crippen LogP contribution in [-0.4, -0.2) is 60.2 Å². The van der Waals surface area contributed by atoms with E-state index in [9.17, 15) is 9.59 Å². The molecule has 1 aromatic carbocycles. The quantitative estimate of drug-likeness (QED) is 0.765. The largest absolute Gasteiger partial charge is 0.487 e. The minimum absolute atomic E-state index is 0.193. The summed E-state index contributed by atoms with van der Waals surface area (Å²) in [5.41, 5.74) is 0.702. The number of alkyl carbamates (subject to hydrolysis) is 1. The summed E-state index contributed by atoms with van der Waals surface area (Å²) in [5.74, 6) is 1.37. The molecule has 0 spiro atoms. The Bertz CT molecular complexity index is 857. The lowest BCUT2D eigenvalue weighted by Crippen LogP contribution is -2.50. The maximum atomic E-state index is 12.3. The number of pyridine rings is 1. The first-order valence-electron chi connectivity index (χ1n) is 10.4. The molecule has 1 N–H and O–H groups in total. The van der Waals surface area contributed by atoms with Crippen molar-refractivity contribution in [2.45, 2.75) is 32.9 Å². The van der Waals surface area contributed by atoms with Gasteiger partial charge in [-0.3, -0.25) is 4.79 Å². The molecule has 0 radical (unpaired) electrons. The Morgan fingerprint density at radius 2 is 1.74 bits per heavy atom. The van der Waals surface area contributed by atoms with Crippen LogP contribution in [0.25, 0.3) is 0 Å². The van der Waals surface area contributed by atoms with E-state index < -0.39 is 11.6 Å². The highest BCUT2D eigenvalue weighted by Crippen LogP contribution is 2.18. The first kappa shape index (κ1) is 22.4. The Morgan fingerprint density at radius 1 is 1.03 bits per heavy atom. The van der Waals surface area contributed by atoms with Crippen LogP contribution in [0.3, 0.4) is 0 Å². The lowest BCUT2D eigenvalue weighted by atomic mass is 10.1. The Labute approximate surface area is 183 Å². The van der Waals surface area contributed by atoms with E-state index >= 15 is 0 Å². The van der Waals surface area contributed by atoms with Crippen molar-refractivity contribution in [2.24, 2.45) is 0 Å². The summed E-state index contributed by atoms with van der Waals surface area (Å²) < 4.78 is 10.8. The van der Waals surface area contributed by atoms with Gasteiger partial charge in [0.1, 0.15) is 18.2 Å². The fourth-order valence-electron chi connectivity index (χ4n) is 3.13. The van der Waals surface area contributed by atoms with Gasteiger partial charge in [0.25, 0.3) is 5.91 Å². The molecule has 0 saturated carbocycles. The van der Waals surface area contributed by atoms with Gasteiger partial charge in [-0.2, -0.15) is 0 Å². The van der Waals surface area contributed by atoms with E-state index in [1.807, 2.05) is 63.2 Å². The Morgan fingerprint density at radius 3 is 2.35 bits per heavy atom. The number of aromatic nitrogens is 1. The monoisotopic (exact) mass is 426 g/mol. The first-order valence-corrected chi connectivity index (χ1v) is 10.4. The average molecular weight is 427 g/mol. The van der Waals surface area contributed by atoms with Gasteiger partial charge in [-0.25, -0.2) is 9.78 Å². The SMILES string of the molecule is CC(C)(C)NC(=O)OCC(=O)N1CCN(c2ccc(OCc3ccccc3)cn2)CC1. The third kappa shape index (κ3) is 7.16. The molecule has 1 aliphatic rings. The third-order valence-electron chi connectivity index (χ3n) is 4.73. The van der Waals surface area contributed by atoms with Crippen LogP contribution in [0, 0.1) is 0 Å². The highest BCUT2D eigenvalue weighted by Gasteiger charge is 2.23. The van der Waals surface area contributed by atoms with Gasteiger partial charge < -0.3 is 24.6 Å². The molecule has 166 valence electrons. The molecule has 8 heteroatoms. The normalized spacial score (nSPS) is 14.2. The summed E-state index contributed by atoms with van der Waals surface area (Å²) in [6.45, 7) is 8.23. The number of hydrogen-bond donors (Lipinski definition) is 1. The Kier molecular flexibility index (Phi) is 7.33. The topological polar surface area (TPSA) is 84.0 Å². The molecular weight excluding hydrogens is 396 g/mol. The van der Waals surface area contributed by atoms with Crippen LogP contribution in [0.2, 0.25) is 0 Å². The molecule has 1 fully saturated rings. The van der Waals surface area contributed by atoms with Crippen molar-refractivity contribution in [1.29, 1.82) is 0 Å². The zero-order valence-electron chi connectivity index (χ0n) is 18.3. The maximum absolute atomic E-state index is 12.3. The van der Waals surface area contributed by atoms with Crippen molar-refractivity contribution in [3.63, 3.8) is 0 Å². The number of piperazine rings is 1. The van der Waals surface area contributed by atoms with Crippen LogP contribution in [0.1, 0.15) is 26.3 Å². The fourth-order valence-corrected chi connectivity index (χ4v) is 3.13. The number of hydrogen-bond acceptors (Lipinski definition) is 6. The van der Waals surface area contributed by atoms with Crippen molar-refractivity contribution in [2.75, 3.05) is 37.7 Å². The lowest BCUT2D eigenvalue weighted by Gasteiger charge is -2.35. The van der Waals surface area contributed by atoms with Crippen molar-refractivity contribution in [1.82, 2.24) is 15.2 Å². The zero-order chi connectivity index (χ0) is 22.3. The molecule has 2 heterocycles. The minimum atomic E-state index is -0.585. The number of ether oxygens (including phenoxy) is 2. The molecule has 0 unspecified atom stereocenters. The molecule has 0 atom stereocenters. The summed E-state index contributed by atoms with van der Waals surface area (Å²) >= 11 is 0. The average Bonchev–Trinajstić information content (AvgIpc) is 2.76. The van der Waals surface area contributed by atoms with Gasteiger partial charge in [0.15, 0.2) is 6.61 Å². The second-order valence-electron chi connectivity index (χ2n) is 8.45. The number of rotatable bonds is 6. The predicted octanol–water partition coefficient (Wildman–Crippen LogP) is 2.83. The summed E-state index contributed by atoms with van der Waals surface area (Å²) in [5, 5.41) is 2.67. The molecule has 1 aromatic heterocycles. The van der Waals surface area contributed by atoms with Crippen LogP contribution in [-0.2, 0) is 16.1 Å². The van der Waals surface area contributed by atoms with Crippen molar-refractivity contribution in [3.8, 4) is 5.75 Å². The molecule has 2 amide bonds. The number of carbonyl (C=O) groups excluding carboxylic acids is 2. The lowest BCUT2D eigenvalue weighted by molar-refractivity contribution is -0.134. The molecule has 3 rings (SSSR count). The van der Waals surface area contributed by atoms with Gasteiger partial charge in [-0.15, -0.1) is 0 Å². The fraction of sp³-hybridized carbons (Fsp3) is 0.435. The van der Waals surface area contributed by atoms with Crippen molar-refractivity contribution >= 4 is 17.8 Å². The van der Waals surface area contributed by atoms with Crippen LogP contribution in [0.5, 0.6) is 5.75 Å². The molecule has 8 nitrogen and oxygen atoms in total. The smallest absolute Gasteiger partial charge is 0.408 e. The van der Waals surface area contributed by atoms with E-state index in [2.05, 4.69) is 15.2 Å². The van der Waals surface area contributed by atoms with E-state index in [4.69, 9.17) is 9.47 Å². The van der Waals surface area contributed by atoms with Crippen LogP contribution < -0.4 is 15.0 Å². The van der Waals surface area contributed by atoms with Gasteiger partial charge in [-0.05, 0) is 38.5 Å². The molecule has 0 aliphatic carbocycles.